The van der Waals surface area contributed by atoms with Crippen molar-refractivity contribution in [2.24, 2.45) is 0 Å². The van der Waals surface area contributed by atoms with Gasteiger partial charge in [-0.3, -0.25) is 9.59 Å². The van der Waals surface area contributed by atoms with Crippen LogP contribution in [0.4, 0.5) is 0 Å². The first-order valence-electron chi connectivity index (χ1n) is 13.5. The quantitative estimate of drug-likeness (QED) is 0.258. The summed E-state index contributed by atoms with van der Waals surface area (Å²) in [6, 6.07) is 37.0. The fourth-order valence-corrected chi connectivity index (χ4v) is 5.97. The highest BCUT2D eigenvalue weighted by atomic mass is 16.1. The number of hydrogen-bond acceptors (Lipinski definition) is 4. The molecule has 5 aromatic carbocycles. The van der Waals surface area contributed by atoms with Crippen molar-refractivity contribution in [1.29, 1.82) is 0 Å². The lowest BCUT2D eigenvalue weighted by Crippen LogP contribution is -2.32. The predicted octanol–water partition coefficient (Wildman–Crippen LogP) is 6.64. The molecule has 2 aliphatic rings. The maximum absolute atomic E-state index is 13.7. The number of hydrogen-bond donors (Lipinski definition) is 0. The summed E-state index contributed by atoms with van der Waals surface area (Å²) < 4.78 is 0. The molecule has 5 aromatic rings. The third kappa shape index (κ3) is 4.18. The fourth-order valence-electron chi connectivity index (χ4n) is 5.97. The Morgan fingerprint density at radius 3 is 1.36 bits per heavy atom. The number of ketones is 2. The van der Waals surface area contributed by atoms with Crippen LogP contribution in [0.5, 0.6) is 0 Å². The van der Waals surface area contributed by atoms with Crippen molar-refractivity contribution >= 4 is 33.1 Å². The lowest BCUT2D eigenvalue weighted by molar-refractivity contribution is 0.0951. The van der Waals surface area contributed by atoms with Gasteiger partial charge in [-0.2, -0.15) is 0 Å². The summed E-state index contributed by atoms with van der Waals surface area (Å²) in [5.41, 5.74) is 4.57. The summed E-state index contributed by atoms with van der Waals surface area (Å²) in [4.78, 5) is 31.7. The number of benzene rings is 5. The molecule has 0 N–H and O–H groups in total. The van der Waals surface area contributed by atoms with E-state index in [0.717, 1.165) is 12.8 Å². The molecule has 1 aliphatic carbocycles. The van der Waals surface area contributed by atoms with E-state index >= 15 is 0 Å². The van der Waals surface area contributed by atoms with E-state index in [1.165, 1.54) is 32.7 Å². The number of Topliss-reactive ketones (excluding diaryl/α,β-unsaturated/α-hetero) is 2. The first-order valence-corrected chi connectivity index (χ1v) is 13.5. The molecule has 4 nitrogen and oxygen atoms in total. The second-order valence-corrected chi connectivity index (χ2v) is 10.4. The van der Waals surface area contributed by atoms with Gasteiger partial charge in [-0.1, -0.05) is 109 Å². The number of fused-ring (bicyclic) bond motifs is 3. The smallest absolute Gasteiger partial charge is 0.212 e. The van der Waals surface area contributed by atoms with Gasteiger partial charge in [0.2, 0.25) is 11.6 Å². The average Bonchev–Trinajstić information content (AvgIpc) is 3.36. The van der Waals surface area contributed by atoms with Gasteiger partial charge >= 0.3 is 0 Å². The minimum Gasteiger partial charge on any atom is -0.349 e. The van der Waals surface area contributed by atoms with E-state index in [2.05, 4.69) is 94.7 Å². The van der Waals surface area contributed by atoms with Crippen LogP contribution in [-0.4, -0.2) is 41.1 Å². The summed E-state index contributed by atoms with van der Waals surface area (Å²) in [6.45, 7) is 1.88. The molecule has 39 heavy (non-hydrogen) atoms. The van der Waals surface area contributed by atoms with Gasteiger partial charge in [0.1, 0.15) is 11.4 Å². The van der Waals surface area contributed by atoms with Crippen molar-refractivity contribution in [1.82, 2.24) is 9.80 Å². The zero-order valence-electron chi connectivity index (χ0n) is 21.6. The molecule has 0 aromatic heterocycles. The van der Waals surface area contributed by atoms with Crippen LogP contribution in [-0.2, 0) is 12.8 Å². The van der Waals surface area contributed by atoms with Crippen molar-refractivity contribution in [3.63, 3.8) is 0 Å². The van der Waals surface area contributed by atoms with Gasteiger partial charge in [0.15, 0.2) is 0 Å². The summed E-state index contributed by atoms with van der Waals surface area (Å²) in [6.07, 6.45) is 1.59. The molecule has 0 saturated carbocycles. The maximum atomic E-state index is 13.7. The van der Waals surface area contributed by atoms with E-state index < -0.39 is 0 Å². The summed E-state index contributed by atoms with van der Waals surface area (Å²) in [5, 5.41) is 4.87. The number of nitrogens with zero attached hydrogens (tertiary/aromatic N) is 2. The molecule has 0 bridgehead atoms. The predicted molar refractivity (Wildman–Crippen MR) is 156 cm³/mol. The van der Waals surface area contributed by atoms with Crippen LogP contribution in [0.2, 0.25) is 0 Å². The van der Waals surface area contributed by atoms with Gasteiger partial charge in [0, 0.05) is 24.2 Å². The van der Waals surface area contributed by atoms with Crippen LogP contribution >= 0.6 is 0 Å². The summed E-state index contributed by atoms with van der Waals surface area (Å²) in [5.74, 6) is -0.0983. The molecule has 0 spiro atoms. The molecule has 190 valence electrons. The zero-order chi connectivity index (χ0) is 26.3. The second kappa shape index (κ2) is 9.55. The molecule has 0 amide bonds. The minimum absolute atomic E-state index is 0.0492. The molecular formula is C35H28N2O2. The van der Waals surface area contributed by atoms with Crippen molar-refractivity contribution in [3.8, 4) is 0 Å². The van der Waals surface area contributed by atoms with Crippen molar-refractivity contribution in [2.75, 3.05) is 19.8 Å². The Bertz CT molecular complexity index is 1670. The highest BCUT2D eigenvalue weighted by Gasteiger charge is 2.42. The Morgan fingerprint density at radius 2 is 0.897 bits per heavy atom. The van der Waals surface area contributed by atoms with Gasteiger partial charge < -0.3 is 9.80 Å². The summed E-state index contributed by atoms with van der Waals surface area (Å²) >= 11 is 0. The first-order chi connectivity index (χ1) is 19.2. The van der Waals surface area contributed by atoms with Crippen LogP contribution < -0.4 is 0 Å². The average molecular weight is 509 g/mol. The van der Waals surface area contributed by atoms with E-state index in [9.17, 15) is 9.59 Å². The van der Waals surface area contributed by atoms with Gasteiger partial charge in [-0.15, -0.1) is 0 Å². The molecule has 0 atom stereocenters. The van der Waals surface area contributed by atoms with E-state index in [4.69, 9.17) is 0 Å². The highest BCUT2D eigenvalue weighted by Crippen LogP contribution is 2.35. The zero-order valence-corrected chi connectivity index (χ0v) is 21.6. The third-order valence-electron chi connectivity index (χ3n) is 8.01. The summed E-state index contributed by atoms with van der Waals surface area (Å²) in [7, 11) is 0. The Hall–Kier alpha value is -4.70. The van der Waals surface area contributed by atoms with E-state index in [0.29, 0.717) is 42.3 Å². The standard InChI is InChI=1S/C35H28N2O2/c38-34-30-11-5-6-12-31(30)35(39)33-32(34)36(19-17-24-13-15-26-7-1-3-9-28(26)21-24)23-37(33)20-18-25-14-16-27-8-2-4-10-29(27)22-25/h1-16,21-22H,17-20,23H2. The fraction of sp³-hybridized carbons (Fsp3) is 0.143. The Kier molecular flexibility index (Phi) is 5.74. The van der Waals surface area contributed by atoms with Crippen LogP contribution in [0.15, 0.2) is 121 Å². The van der Waals surface area contributed by atoms with Gasteiger partial charge in [-0.05, 0) is 45.5 Å². The topological polar surface area (TPSA) is 40.6 Å². The molecule has 0 saturated heterocycles. The Morgan fingerprint density at radius 1 is 0.487 bits per heavy atom. The number of rotatable bonds is 6. The molecule has 7 rings (SSSR count). The molecule has 0 fully saturated rings. The Labute approximate surface area is 227 Å². The monoisotopic (exact) mass is 508 g/mol. The van der Waals surface area contributed by atoms with Crippen LogP contribution in [0.1, 0.15) is 31.8 Å². The van der Waals surface area contributed by atoms with Crippen LogP contribution in [0.3, 0.4) is 0 Å². The van der Waals surface area contributed by atoms with E-state index in [1.54, 1.807) is 12.1 Å². The molecule has 1 aliphatic heterocycles. The first kappa shape index (κ1) is 23.4. The molecule has 1 heterocycles. The largest absolute Gasteiger partial charge is 0.349 e. The van der Waals surface area contributed by atoms with Crippen LogP contribution in [0.25, 0.3) is 21.5 Å². The second-order valence-electron chi connectivity index (χ2n) is 10.4. The van der Waals surface area contributed by atoms with Gasteiger partial charge in [0.05, 0.1) is 6.67 Å². The molecule has 0 radical (unpaired) electrons. The minimum atomic E-state index is -0.0492. The maximum Gasteiger partial charge on any atom is 0.212 e. The van der Waals surface area contributed by atoms with Crippen molar-refractivity contribution in [3.05, 3.63) is 143 Å². The number of allylic oxidation sites excluding steroid dienone is 2. The molecule has 4 heteroatoms. The lowest BCUT2D eigenvalue weighted by Gasteiger charge is -2.23. The molecular weight excluding hydrogens is 480 g/mol. The third-order valence-corrected chi connectivity index (χ3v) is 8.01. The number of carbonyl (C=O) groups excluding carboxylic acids is 2. The Balaban J connectivity index is 1.17. The normalized spacial score (nSPS) is 14.9. The molecule has 0 unspecified atom stereocenters. The van der Waals surface area contributed by atoms with Crippen LogP contribution in [0, 0.1) is 0 Å². The van der Waals surface area contributed by atoms with E-state index in [1.807, 2.05) is 12.1 Å². The van der Waals surface area contributed by atoms with Gasteiger partial charge in [0.25, 0.3) is 0 Å². The van der Waals surface area contributed by atoms with Gasteiger partial charge in [-0.25, -0.2) is 0 Å². The van der Waals surface area contributed by atoms with E-state index in [-0.39, 0.29) is 11.6 Å². The number of carbonyl (C=O) groups is 2. The van der Waals surface area contributed by atoms with Crippen molar-refractivity contribution in [2.45, 2.75) is 12.8 Å². The highest BCUT2D eigenvalue weighted by molar-refractivity contribution is 6.26. The SMILES string of the molecule is O=C1C2=C(C(=O)c3ccccc31)N(CCc1ccc3ccccc3c1)CN2CCc1ccc2ccccc2c1. The van der Waals surface area contributed by atoms with Crippen molar-refractivity contribution < 1.29 is 9.59 Å². The lowest BCUT2D eigenvalue weighted by atomic mass is 9.90.